The monoisotopic (exact) mass is 703 g/mol. The van der Waals surface area contributed by atoms with Crippen molar-refractivity contribution in [1.29, 1.82) is 0 Å². The molecule has 0 bridgehead atoms. The highest BCUT2D eigenvalue weighted by Crippen LogP contribution is 2.13. The number of guanidine groups is 2. The number of hydrogen-bond donors (Lipinski definition) is 10. The van der Waals surface area contributed by atoms with Crippen molar-refractivity contribution in [2.45, 2.75) is 103 Å². The zero-order valence-corrected chi connectivity index (χ0v) is 29.6. The van der Waals surface area contributed by atoms with Gasteiger partial charge >= 0.3 is 5.97 Å². The Hall–Kier alpha value is -4.93. The lowest BCUT2D eigenvalue weighted by Gasteiger charge is -2.29. The summed E-state index contributed by atoms with van der Waals surface area (Å²) in [6.07, 6.45) is 1.83. The third-order valence-electron chi connectivity index (χ3n) is 8.41. The molecule has 0 saturated carbocycles. The molecule has 17 nitrogen and oxygen atoms in total. The lowest BCUT2D eigenvalue weighted by Crippen LogP contribution is -2.60. The Bertz CT molecular complexity index is 1300. The number of nitrogens with zero attached hydrogens (tertiary/aromatic N) is 2. The first kappa shape index (κ1) is 43.1. The molecule has 0 fully saturated rings. The largest absolute Gasteiger partial charge is 0.480 e. The molecule has 1 aromatic carbocycles. The van der Waals surface area contributed by atoms with E-state index in [1.54, 1.807) is 37.3 Å². The summed E-state index contributed by atoms with van der Waals surface area (Å²) < 4.78 is 0. The van der Waals surface area contributed by atoms with E-state index >= 15 is 0 Å². The second kappa shape index (κ2) is 22.7. The molecule has 50 heavy (non-hydrogen) atoms. The van der Waals surface area contributed by atoms with Crippen molar-refractivity contribution in [2.75, 3.05) is 13.1 Å². The zero-order chi connectivity index (χ0) is 37.8. The fourth-order valence-corrected chi connectivity index (χ4v) is 4.86. The lowest BCUT2D eigenvalue weighted by molar-refractivity contribution is -0.142. The van der Waals surface area contributed by atoms with Crippen LogP contribution < -0.4 is 49.9 Å². The van der Waals surface area contributed by atoms with E-state index in [9.17, 15) is 29.1 Å². The van der Waals surface area contributed by atoms with Crippen molar-refractivity contribution >= 4 is 41.5 Å². The van der Waals surface area contributed by atoms with Gasteiger partial charge in [0.2, 0.25) is 23.6 Å². The molecule has 0 heterocycles. The molecule has 0 aromatic heterocycles. The third-order valence-corrected chi connectivity index (χ3v) is 8.41. The summed E-state index contributed by atoms with van der Waals surface area (Å²) in [7, 11) is 0. The van der Waals surface area contributed by atoms with Gasteiger partial charge in [-0.1, -0.05) is 70.9 Å². The number of nitrogens with one attached hydrogen (secondary N) is 4. The molecule has 0 aliphatic carbocycles. The molecule has 4 amide bonds. The molecular weight excluding hydrogens is 646 g/mol. The number of rotatable bonds is 23. The highest BCUT2D eigenvalue weighted by Gasteiger charge is 2.33. The van der Waals surface area contributed by atoms with Crippen LogP contribution >= 0.6 is 0 Å². The fraction of sp³-hybridized carbons (Fsp3) is 0.606. The number of carboxylic acid groups (broad SMARTS) is 1. The minimum atomic E-state index is -1.29. The number of carbonyl (C=O) groups is 5. The maximum Gasteiger partial charge on any atom is 0.326 e. The SMILES string of the molecule is CC[C@H](C)[C@H](N)C(=O)N[C@H](C(=O)N[C@@H](CCCN=C(N)N)C(=O)N[C@@H](CCCN=C(N)N)C(=O)N[C@@H](Cc1ccccc1)C(=O)O)[C@@H](C)CC. The van der Waals surface area contributed by atoms with E-state index < -0.39 is 59.8 Å². The summed E-state index contributed by atoms with van der Waals surface area (Å²) in [5, 5.41) is 20.5. The van der Waals surface area contributed by atoms with Crippen LogP contribution in [0.5, 0.6) is 0 Å². The predicted molar refractivity (Wildman–Crippen MR) is 192 cm³/mol. The van der Waals surface area contributed by atoms with Gasteiger partial charge in [0.05, 0.1) is 6.04 Å². The molecule has 15 N–H and O–H groups in total. The average molecular weight is 704 g/mol. The van der Waals surface area contributed by atoms with E-state index in [4.69, 9.17) is 28.7 Å². The normalized spacial score (nSPS) is 15.1. The number of hydrogen-bond acceptors (Lipinski definition) is 8. The first-order valence-electron chi connectivity index (χ1n) is 17.0. The minimum Gasteiger partial charge on any atom is -0.480 e. The van der Waals surface area contributed by atoms with Crippen molar-refractivity contribution in [2.24, 2.45) is 50.5 Å². The quantitative estimate of drug-likeness (QED) is 0.0366. The second-order valence-corrected chi connectivity index (χ2v) is 12.4. The molecule has 0 radical (unpaired) electrons. The van der Waals surface area contributed by atoms with Crippen molar-refractivity contribution < 1.29 is 29.1 Å². The number of amides is 4. The molecule has 0 unspecified atom stereocenters. The van der Waals surface area contributed by atoms with Gasteiger partial charge in [0, 0.05) is 19.5 Å². The fourth-order valence-electron chi connectivity index (χ4n) is 4.86. The van der Waals surface area contributed by atoms with E-state index in [-0.39, 0.29) is 68.9 Å². The van der Waals surface area contributed by atoms with Gasteiger partial charge in [-0.2, -0.15) is 0 Å². The molecule has 0 spiro atoms. The molecule has 0 saturated heterocycles. The number of carbonyl (C=O) groups excluding carboxylic acids is 4. The van der Waals surface area contributed by atoms with Gasteiger partial charge in [-0.3, -0.25) is 29.2 Å². The summed E-state index contributed by atoms with van der Waals surface area (Å²) >= 11 is 0. The Morgan fingerprint density at radius 2 is 1.14 bits per heavy atom. The van der Waals surface area contributed by atoms with Gasteiger partial charge in [-0.05, 0) is 43.1 Å². The first-order valence-corrected chi connectivity index (χ1v) is 17.0. The van der Waals surface area contributed by atoms with Crippen LogP contribution in [0.3, 0.4) is 0 Å². The zero-order valence-electron chi connectivity index (χ0n) is 29.6. The van der Waals surface area contributed by atoms with Gasteiger partial charge in [0.15, 0.2) is 11.9 Å². The van der Waals surface area contributed by atoms with Gasteiger partial charge < -0.3 is 55.0 Å². The van der Waals surface area contributed by atoms with Gasteiger partial charge in [-0.25, -0.2) is 4.79 Å². The molecule has 0 aliphatic rings. The van der Waals surface area contributed by atoms with E-state index in [1.165, 1.54) is 0 Å². The van der Waals surface area contributed by atoms with Crippen LogP contribution in [-0.2, 0) is 30.4 Å². The van der Waals surface area contributed by atoms with Gasteiger partial charge in [0.1, 0.15) is 24.2 Å². The number of nitrogens with two attached hydrogens (primary N) is 5. The van der Waals surface area contributed by atoms with Crippen LogP contribution in [0.25, 0.3) is 0 Å². The van der Waals surface area contributed by atoms with Crippen LogP contribution in [0.2, 0.25) is 0 Å². The van der Waals surface area contributed by atoms with Crippen LogP contribution in [0, 0.1) is 11.8 Å². The first-order chi connectivity index (χ1) is 23.6. The van der Waals surface area contributed by atoms with Crippen molar-refractivity contribution in [3.63, 3.8) is 0 Å². The van der Waals surface area contributed by atoms with E-state index in [0.717, 1.165) is 0 Å². The minimum absolute atomic E-state index is 0.00344. The maximum absolute atomic E-state index is 13.8. The second-order valence-electron chi connectivity index (χ2n) is 12.4. The Labute approximate surface area is 294 Å². The predicted octanol–water partition coefficient (Wildman–Crippen LogP) is -1.22. The molecule has 17 heteroatoms. The third kappa shape index (κ3) is 16.0. The Kier molecular flexibility index (Phi) is 19.5. The number of carboxylic acids is 1. The summed E-state index contributed by atoms with van der Waals surface area (Å²) in [6.45, 7) is 7.68. The van der Waals surface area contributed by atoms with Crippen LogP contribution in [0.15, 0.2) is 40.3 Å². The topological polar surface area (TPSA) is 309 Å². The molecule has 280 valence electrons. The maximum atomic E-state index is 13.8. The van der Waals surface area contributed by atoms with Crippen LogP contribution in [0.1, 0.15) is 71.8 Å². The van der Waals surface area contributed by atoms with Crippen molar-refractivity contribution in [1.82, 2.24) is 21.3 Å². The van der Waals surface area contributed by atoms with E-state index in [1.807, 2.05) is 20.8 Å². The Morgan fingerprint density at radius 3 is 1.58 bits per heavy atom. The lowest BCUT2D eigenvalue weighted by atomic mass is 9.95. The highest BCUT2D eigenvalue weighted by molar-refractivity contribution is 5.95. The summed E-state index contributed by atoms with van der Waals surface area (Å²) in [4.78, 5) is 73.9. The standard InChI is InChI=1S/C33H57N11O6/c1-5-19(3)25(34)29(47)44-26(20(4)6-2)30(48)42-23(15-11-17-40-33(37)38)27(45)41-22(14-10-16-39-32(35)36)28(46)43-24(31(49)50)18-21-12-8-7-9-13-21/h7-9,12-13,19-20,22-26H,5-6,10-11,14-18,34H2,1-4H3,(H,41,45)(H,42,48)(H,43,46)(H,44,47)(H,49,50)(H4,35,36,39)(H4,37,38,40)/t19-,20-,22-,23-,24-,25-,26-/m0/s1. The number of aliphatic carboxylic acids is 1. The van der Waals surface area contributed by atoms with Gasteiger partial charge in [0.25, 0.3) is 0 Å². The highest BCUT2D eigenvalue weighted by atomic mass is 16.4. The molecule has 1 aromatic rings. The van der Waals surface area contributed by atoms with E-state index in [2.05, 4.69) is 31.3 Å². The van der Waals surface area contributed by atoms with Crippen LogP contribution in [0.4, 0.5) is 0 Å². The molecular formula is C33H57N11O6. The summed E-state index contributed by atoms with van der Waals surface area (Å²) in [6, 6.07) is 3.21. The molecule has 7 atom stereocenters. The number of benzene rings is 1. The van der Waals surface area contributed by atoms with E-state index in [0.29, 0.717) is 18.4 Å². The number of aliphatic imine (C=N–C) groups is 2. The smallest absolute Gasteiger partial charge is 0.326 e. The Morgan fingerprint density at radius 1 is 0.680 bits per heavy atom. The summed E-state index contributed by atoms with van der Waals surface area (Å²) in [5.41, 5.74) is 28.5. The van der Waals surface area contributed by atoms with Crippen LogP contribution in [-0.4, -0.2) is 89.9 Å². The molecule has 0 aliphatic heterocycles. The Balaban J connectivity index is 3.32. The molecule has 1 rings (SSSR count). The van der Waals surface area contributed by atoms with Crippen molar-refractivity contribution in [3.05, 3.63) is 35.9 Å². The summed E-state index contributed by atoms with van der Waals surface area (Å²) in [5.74, 6) is -4.58. The average Bonchev–Trinajstić information content (AvgIpc) is 3.08. The van der Waals surface area contributed by atoms with Gasteiger partial charge in [-0.15, -0.1) is 0 Å². The van der Waals surface area contributed by atoms with Crippen molar-refractivity contribution in [3.8, 4) is 0 Å².